The highest BCUT2D eigenvalue weighted by molar-refractivity contribution is 6.76. The highest BCUT2D eigenvalue weighted by Gasteiger charge is 2.27. The number of benzene rings is 2. The Hall–Kier alpha value is -7.71. The molecule has 0 saturated carbocycles. The lowest BCUT2D eigenvalue weighted by Gasteiger charge is -2.24. The molecule has 8 aromatic rings. The van der Waals surface area contributed by atoms with Crippen molar-refractivity contribution in [3.8, 4) is 34.3 Å². The van der Waals surface area contributed by atoms with Gasteiger partial charge in [-0.05, 0) is 131 Å². The van der Waals surface area contributed by atoms with Crippen molar-refractivity contribution < 1.29 is 50.9 Å². The number of fused-ring (bicyclic) bond motifs is 4. The molecule has 0 aliphatic rings. The highest BCUT2D eigenvalue weighted by Crippen LogP contribution is 2.34. The third-order valence-corrected chi connectivity index (χ3v) is 14.1. The van der Waals surface area contributed by atoms with Gasteiger partial charge in [0.05, 0.1) is 34.6 Å². The van der Waals surface area contributed by atoms with E-state index in [1.165, 1.54) is 29.2 Å². The van der Waals surface area contributed by atoms with Crippen LogP contribution < -0.4 is 25.4 Å². The molecule has 21 nitrogen and oxygen atoms in total. The summed E-state index contributed by atoms with van der Waals surface area (Å²) in [5.41, 5.74) is 3.85. The molecule has 0 radical (unpaired) electrons. The number of halogens is 4. The van der Waals surface area contributed by atoms with Crippen LogP contribution >= 0.6 is 0 Å². The molecule has 0 unspecified atom stereocenters. The average Bonchev–Trinajstić information content (AvgIpc) is 2.86. The SMILES string of the molecule is CN(CCCn1nc(-c2cnc3c(n2)c(C(=O)NC(C)(C)C)cn3COCC[Si](C)(C)C)c2cc(OC(F)F)ccc21)C(=O)OC(C)(C)C.CNCCCn1nc(-c2cnc3[nH]cc(C(=O)NC(C)(C)C)c3n2)c2cc(OC(F)F)ccc21. The van der Waals surface area contributed by atoms with E-state index in [1.54, 1.807) is 74.0 Å². The number of nitrogens with zero attached hydrogens (tertiary/aromatic N) is 10. The number of alkyl halides is 4. The predicted octanol–water partition coefficient (Wildman–Crippen LogP) is 10.9. The van der Waals surface area contributed by atoms with Gasteiger partial charge in [0.1, 0.15) is 57.6 Å². The summed E-state index contributed by atoms with van der Waals surface area (Å²) in [4.78, 5) is 61.9. The molecule has 0 atom stereocenters. The second-order valence-corrected chi connectivity index (χ2v) is 29.9. The Morgan fingerprint density at radius 2 is 1.27 bits per heavy atom. The van der Waals surface area contributed by atoms with Gasteiger partial charge in [0, 0.05) is 75.6 Å². The number of hydrogen-bond donors (Lipinski definition) is 4. The maximum atomic E-state index is 13.5. The number of amides is 3. The van der Waals surface area contributed by atoms with Crippen molar-refractivity contribution in [1.29, 1.82) is 0 Å². The monoisotopic (exact) mass is 1170 g/mol. The first-order chi connectivity index (χ1) is 38.9. The largest absolute Gasteiger partial charge is 0.444 e. The minimum atomic E-state index is -3.01. The molecule has 0 aliphatic carbocycles. The number of carbonyl (C=O) groups is 3. The van der Waals surface area contributed by atoms with Crippen LogP contribution in [0.15, 0.2) is 61.2 Å². The van der Waals surface area contributed by atoms with E-state index < -0.39 is 44.1 Å². The van der Waals surface area contributed by atoms with Gasteiger partial charge >= 0.3 is 19.3 Å². The van der Waals surface area contributed by atoms with Crippen LogP contribution in [-0.2, 0) is 29.3 Å². The van der Waals surface area contributed by atoms with Gasteiger partial charge in [-0.15, -0.1) is 0 Å². The van der Waals surface area contributed by atoms with E-state index in [-0.39, 0.29) is 30.0 Å². The number of carbonyl (C=O) groups excluding carboxylic acids is 3. The van der Waals surface area contributed by atoms with Gasteiger partial charge < -0.3 is 49.3 Å². The third kappa shape index (κ3) is 17.0. The van der Waals surface area contributed by atoms with Crippen LogP contribution in [0.2, 0.25) is 25.7 Å². The Balaban J connectivity index is 0.000000254. The van der Waals surface area contributed by atoms with Crippen LogP contribution in [0.1, 0.15) is 95.9 Å². The summed E-state index contributed by atoms with van der Waals surface area (Å²) in [6.07, 6.45) is 7.27. The molecule has 0 saturated heterocycles. The van der Waals surface area contributed by atoms with Crippen LogP contribution in [0.25, 0.3) is 66.9 Å². The summed E-state index contributed by atoms with van der Waals surface area (Å²) in [5, 5.41) is 19.7. The van der Waals surface area contributed by atoms with Gasteiger partial charge in [-0.25, -0.2) is 24.7 Å². The average molecular weight is 1170 g/mol. The Bertz CT molecular complexity index is 3570. The maximum Gasteiger partial charge on any atom is 0.410 e. The molecule has 0 fully saturated rings. The fourth-order valence-electron chi connectivity index (χ4n) is 8.65. The van der Waals surface area contributed by atoms with Crippen molar-refractivity contribution in [2.75, 3.05) is 33.8 Å². The van der Waals surface area contributed by atoms with E-state index in [0.29, 0.717) is 105 Å². The van der Waals surface area contributed by atoms with Gasteiger partial charge in [-0.3, -0.25) is 19.0 Å². The lowest BCUT2D eigenvalue weighted by Crippen LogP contribution is -2.40. The Kier molecular flexibility index (Phi) is 19.6. The standard InChI is InChI=1S/C34H49F2N7O5Si.C23H27F2N7O2/c1-33(2,3)39-30(44)24-20-42(21-46-16-17-49(8,9)10)29-28(24)38-25(19-37-29)27-23-18-22(47-31(35)36)12-13-26(23)43(40-27)15-11-14-41(7)32(45)48-34(4,5)6;1-23(2,3)30-21(33)15-11-27-20-19(15)29-16(12-28-20)18-14-10-13(34-22(24)25)6-7-17(14)32(31-18)9-5-8-26-4/h12-13,18-20,31H,11,14-17,21H2,1-10H3,(H,39,44);6-7,10-12,22,26H,5,8-9H2,1-4H3,(H,27,28)(H,30,33). The fraction of sp³-hybridized carbons (Fsp3) is 0.491. The van der Waals surface area contributed by atoms with E-state index in [1.807, 2.05) is 53.3 Å². The number of aromatic amines is 1. The molecule has 448 valence electrons. The molecule has 8 rings (SSSR count). The Labute approximate surface area is 480 Å². The lowest BCUT2D eigenvalue weighted by atomic mass is 10.1. The van der Waals surface area contributed by atoms with Crippen molar-refractivity contribution in [1.82, 2.24) is 69.9 Å². The van der Waals surface area contributed by atoms with Gasteiger partial charge in [-0.2, -0.15) is 27.8 Å². The zero-order valence-electron chi connectivity index (χ0n) is 49.6. The van der Waals surface area contributed by atoms with E-state index >= 15 is 0 Å². The van der Waals surface area contributed by atoms with Crippen LogP contribution in [0, 0.1) is 0 Å². The molecule has 0 bridgehead atoms. The summed E-state index contributed by atoms with van der Waals surface area (Å²) in [5.74, 6) is -0.601. The molecule has 6 aromatic heterocycles. The van der Waals surface area contributed by atoms with E-state index in [0.717, 1.165) is 24.5 Å². The quantitative estimate of drug-likeness (QED) is 0.0298. The Morgan fingerprint density at radius 3 is 1.78 bits per heavy atom. The normalized spacial score (nSPS) is 12.4. The fourth-order valence-corrected chi connectivity index (χ4v) is 9.41. The first kappa shape index (κ1) is 62.9. The Morgan fingerprint density at radius 1 is 0.735 bits per heavy atom. The number of H-pyrrole nitrogens is 1. The molecular weight excluding hydrogens is 1100 g/mol. The first-order valence-electron chi connectivity index (χ1n) is 27.3. The zero-order chi connectivity index (χ0) is 60.8. The van der Waals surface area contributed by atoms with Crippen molar-refractivity contribution in [3.63, 3.8) is 0 Å². The molecule has 6 heterocycles. The van der Waals surface area contributed by atoms with Gasteiger partial charge in [-0.1, -0.05) is 19.6 Å². The van der Waals surface area contributed by atoms with E-state index in [9.17, 15) is 31.9 Å². The minimum Gasteiger partial charge on any atom is -0.444 e. The number of aryl methyl sites for hydroxylation is 2. The number of nitrogens with one attached hydrogen (secondary N) is 4. The van der Waals surface area contributed by atoms with Crippen LogP contribution in [0.3, 0.4) is 0 Å². The van der Waals surface area contributed by atoms with Gasteiger partial charge in [0.25, 0.3) is 11.8 Å². The number of rotatable bonds is 21. The second kappa shape index (κ2) is 25.8. The summed E-state index contributed by atoms with van der Waals surface area (Å²) < 4.78 is 78.1. The van der Waals surface area contributed by atoms with Crippen molar-refractivity contribution in [2.45, 2.75) is 151 Å². The molecular formula is C57H76F4N14O7Si. The molecule has 26 heteroatoms. The molecule has 4 N–H and O–H groups in total. The highest BCUT2D eigenvalue weighted by atomic mass is 28.3. The lowest BCUT2D eigenvalue weighted by molar-refractivity contribution is -0.0504. The van der Waals surface area contributed by atoms with E-state index in [2.05, 4.69) is 55.3 Å². The maximum absolute atomic E-state index is 13.5. The van der Waals surface area contributed by atoms with E-state index in [4.69, 9.17) is 34.4 Å². The predicted molar refractivity (Wildman–Crippen MR) is 313 cm³/mol. The van der Waals surface area contributed by atoms with Gasteiger partial charge in [0.2, 0.25) is 0 Å². The van der Waals surface area contributed by atoms with Crippen molar-refractivity contribution in [3.05, 3.63) is 72.3 Å². The first-order valence-corrected chi connectivity index (χ1v) is 31.0. The van der Waals surface area contributed by atoms with Crippen LogP contribution in [-0.4, -0.2) is 144 Å². The number of ether oxygens (including phenoxy) is 4. The molecule has 2 aromatic carbocycles. The molecule has 3 amide bonds. The van der Waals surface area contributed by atoms with Crippen molar-refractivity contribution in [2.24, 2.45) is 0 Å². The van der Waals surface area contributed by atoms with Crippen LogP contribution in [0.5, 0.6) is 11.5 Å². The molecule has 0 aliphatic heterocycles. The summed E-state index contributed by atoms with van der Waals surface area (Å²) >= 11 is 0. The van der Waals surface area contributed by atoms with Crippen LogP contribution in [0.4, 0.5) is 22.4 Å². The minimum absolute atomic E-state index is 0.0273. The summed E-state index contributed by atoms with van der Waals surface area (Å²) in [6.45, 7) is 20.6. The van der Waals surface area contributed by atoms with Gasteiger partial charge in [0.15, 0.2) is 11.3 Å². The summed E-state index contributed by atoms with van der Waals surface area (Å²) in [6, 6.07) is 10.3. The third-order valence-electron chi connectivity index (χ3n) is 12.4. The summed E-state index contributed by atoms with van der Waals surface area (Å²) in [7, 11) is 2.23. The smallest absolute Gasteiger partial charge is 0.410 e. The molecule has 83 heavy (non-hydrogen) atoms. The topological polar surface area (TPSA) is 235 Å². The van der Waals surface area contributed by atoms with Crippen molar-refractivity contribution >= 4 is 70.1 Å². The molecule has 0 spiro atoms. The second-order valence-electron chi connectivity index (χ2n) is 24.3. The number of aromatic nitrogens is 10. The zero-order valence-corrected chi connectivity index (χ0v) is 50.6. The number of hydrogen-bond acceptors (Lipinski definition) is 14.